The van der Waals surface area contributed by atoms with Gasteiger partial charge in [-0.15, -0.1) is 0 Å². The zero-order valence-electron chi connectivity index (χ0n) is 17.7. The first kappa shape index (κ1) is 24.2. The minimum Gasteiger partial charge on any atom is -0.490 e. The number of nitrogens with one attached hydrogen (secondary N) is 2. The number of anilines is 1. The molecule has 0 aromatic heterocycles. The largest absolute Gasteiger partial charge is 0.490 e. The fourth-order valence-corrected chi connectivity index (χ4v) is 3.47. The number of aliphatic hydroxyl groups excluding tert-OH is 1. The predicted molar refractivity (Wildman–Crippen MR) is 123 cm³/mol. The van der Waals surface area contributed by atoms with E-state index in [0.717, 1.165) is 47.1 Å². The van der Waals surface area contributed by atoms with Crippen molar-refractivity contribution in [2.75, 3.05) is 31.7 Å². The van der Waals surface area contributed by atoms with Gasteiger partial charge < -0.3 is 25.2 Å². The summed E-state index contributed by atoms with van der Waals surface area (Å²) < 4.78 is 12.3. The number of aliphatic hydroxyl groups is 1. The molecule has 2 aromatic carbocycles. The van der Waals surface area contributed by atoms with Gasteiger partial charge in [-0.1, -0.05) is 17.7 Å². The van der Waals surface area contributed by atoms with Gasteiger partial charge in [-0.05, 0) is 85.4 Å². The topological polar surface area (TPSA) is 79.8 Å². The maximum atomic E-state index is 12.2. The van der Waals surface area contributed by atoms with Crippen molar-refractivity contribution in [3.05, 3.63) is 52.0 Å². The van der Waals surface area contributed by atoms with Crippen molar-refractivity contribution in [1.82, 2.24) is 5.32 Å². The van der Waals surface area contributed by atoms with Gasteiger partial charge in [0.2, 0.25) is 0 Å². The van der Waals surface area contributed by atoms with Crippen LogP contribution in [0.3, 0.4) is 0 Å². The summed E-state index contributed by atoms with van der Waals surface area (Å²) in [6.07, 6.45) is 2.87. The van der Waals surface area contributed by atoms with E-state index < -0.39 is 0 Å². The van der Waals surface area contributed by atoms with Crippen LogP contribution in [0.1, 0.15) is 37.3 Å². The molecule has 0 heterocycles. The van der Waals surface area contributed by atoms with Gasteiger partial charge in [-0.25, -0.2) is 0 Å². The molecule has 164 valence electrons. The summed E-state index contributed by atoms with van der Waals surface area (Å²) in [5, 5.41) is 15.0. The number of rotatable bonds is 13. The molecule has 0 spiro atoms. The van der Waals surface area contributed by atoms with Crippen LogP contribution in [0.5, 0.6) is 11.5 Å². The van der Waals surface area contributed by atoms with E-state index in [2.05, 4.69) is 26.6 Å². The molecule has 0 saturated heterocycles. The monoisotopic (exact) mass is 478 g/mol. The minimum atomic E-state index is -0.234. The lowest BCUT2D eigenvalue weighted by atomic mass is 10.2. The molecule has 2 aromatic rings. The maximum absolute atomic E-state index is 12.2. The standard InChI is InChI=1S/C23H31BrN2O4/c1-3-29-21-14-18(15-25-11-5-4-6-12-27)13-20(24)23(21)30-16-22(28)26-19-9-7-17(2)8-10-19/h7-10,13-14,25,27H,3-6,11-12,15-16H2,1-2H3,(H,26,28). The van der Waals surface area contributed by atoms with Crippen molar-refractivity contribution >= 4 is 27.5 Å². The molecule has 0 unspecified atom stereocenters. The molecule has 0 radical (unpaired) electrons. The van der Waals surface area contributed by atoms with E-state index in [-0.39, 0.29) is 19.1 Å². The van der Waals surface area contributed by atoms with Crippen LogP contribution in [-0.2, 0) is 11.3 Å². The summed E-state index contributed by atoms with van der Waals surface area (Å²) in [6.45, 7) is 6.12. The highest BCUT2D eigenvalue weighted by atomic mass is 79.9. The highest BCUT2D eigenvalue weighted by Crippen LogP contribution is 2.37. The molecule has 0 atom stereocenters. The summed E-state index contributed by atoms with van der Waals surface area (Å²) in [5.74, 6) is 0.886. The van der Waals surface area contributed by atoms with Crippen molar-refractivity contribution in [2.45, 2.75) is 39.7 Å². The Labute approximate surface area is 187 Å². The summed E-state index contributed by atoms with van der Waals surface area (Å²) in [4.78, 5) is 12.2. The minimum absolute atomic E-state index is 0.116. The van der Waals surface area contributed by atoms with Gasteiger partial charge in [0.15, 0.2) is 18.1 Å². The Bertz CT molecular complexity index is 797. The van der Waals surface area contributed by atoms with Crippen LogP contribution in [0.4, 0.5) is 5.69 Å². The van der Waals surface area contributed by atoms with Gasteiger partial charge in [-0.3, -0.25) is 4.79 Å². The van der Waals surface area contributed by atoms with Crippen molar-refractivity contribution in [3.8, 4) is 11.5 Å². The fraction of sp³-hybridized carbons (Fsp3) is 0.435. The average molecular weight is 479 g/mol. The van der Waals surface area contributed by atoms with Gasteiger partial charge in [0.25, 0.3) is 5.91 Å². The molecule has 0 aliphatic rings. The third-order valence-corrected chi connectivity index (χ3v) is 4.98. The Hall–Kier alpha value is -2.09. The number of hydrogen-bond acceptors (Lipinski definition) is 5. The lowest BCUT2D eigenvalue weighted by Gasteiger charge is -2.16. The van der Waals surface area contributed by atoms with Crippen LogP contribution >= 0.6 is 15.9 Å². The van der Waals surface area contributed by atoms with Gasteiger partial charge in [0.1, 0.15) is 0 Å². The Morgan fingerprint density at radius 2 is 1.87 bits per heavy atom. The van der Waals surface area contributed by atoms with Crippen LogP contribution in [0.15, 0.2) is 40.9 Å². The fourth-order valence-electron chi connectivity index (χ4n) is 2.87. The predicted octanol–water partition coefficient (Wildman–Crippen LogP) is 4.43. The van der Waals surface area contributed by atoms with Crippen LogP contribution in [0.2, 0.25) is 0 Å². The van der Waals surface area contributed by atoms with E-state index in [1.165, 1.54) is 0 Å². The number of hydrogen-bond donors (Lipinski definition) is 3. The molecule has 3 N–H and O–H groups in total. The number of benzene rings is 2. The Balaban J connectivity index is 1.93. The second kappa shape index (κ2) is 13.3. The Morgan fingerprint density at radius 3 is 2.57 bits per heavy atom. The first-order valence-corrected chi connectivity index (χ1v) is 11.1. The van der Waals surface area contributed by atoms with Gasteiger partial charge >= 0.3 is 0 Å². The number of unbranched alkanes of at least 4 members (excludes halogenated alkanes) is 2. The Kier molecular flexibility index (Phi) is 10.7. The zero-order valence-corrected chi connectivity index (χ0v) is 19.3. The van der Waals surface area contributed by atoms with Crippen molar-refractivity contribution in [1.29, 1.82) is 0 Å². The zero-order chi connectivity index (χ0) is 21.8. The van der Waals surface area contributed by atoms with E-state index in [4.69, 9.17) is 14.6 Å². The highest BCUT2D eigenvalue weighted by molar-refractivity contribution is 9.10. The molecule has 0 bridgehead atoms. The normalized spacial score (nSPS) is 10.7. The molecule has 30 heavy (non-hydrogen) atoms. The molecule has 0 aliphatic heterocycles. The van der Waals surface area contributed by atoms with Crippen LogP contribution in [0, 0.1) is 6.92 Å². The smallest absolute Gasteiger partial charge is 0.262 e. The van der Waals surface area contributed by atoms with Crippen molar-refractivity contribution in [3.63, 3.8) is 0 Å². The van der Waals surface area contributed by atoms with Crippen LogP contribution in [-0.4, -0.2) is 37.4 Å². The van der Waals surface area contributed by atoms with E-state index in [1.54, 1.807) is 0 Å². The van der Waals surface area contributed by atoms with E-state index in [0.29, 0.717) is 24.7 Å². The number of carbonyl (C=O) groups excluding carboxylic acids is 1. The lowest BCUT2D eigenvalue weighted by Crippen LogP contribution is -2.20. The molecule has 1 amide bonds. The molecule has 0 saturated carbocycles. The van der Waals surface area contributed by atoms with Crippen molar-refractivity contribution in [2.24, 2.45) is 0 Å². The van der Waals surface area contributed by atoms with E-state index in [1.807, 2.05) is 50.2 Å². The van der Waals surface area contributed by atoms with Gasteiger partial charge in [0.05, 0.1) is 11.1 Å². The van der Waals surface area contributed by atoms with Crippen molar-refractivity contribution < 1.29 is 19.4 Å². The first-order valence-electron chi connectivity index (χ1n) is 10.3. The number of aryl methyl sites for hydroxylation is 1. The van der Waals surface area contributed by atoms with Crippen LogP contribution in [0.25, 0.3) is 0 Å². The summed E-state index contributed by atoms with van der Waals surface area (Å²) >= 11 is 3.54. The summed E-state index contributed by atoms with van der Waals surface area (Å²) in [7, 11) is 0. The molecule has 7 heteroatoms. The molecule has 0 aliphatic carbocycles. The number of halogens is 1. The second-order valence-corrected chi connectivity index (χ2v) is 7.86. The molecular weight excluding hydrogens is 448 g/mol. The van der Waals surface area contributed by atoms with Crippen LogP contribution < -0.4 is 20.1 Å². The maximum Gasteiger partial charge on any atom is 0.262 e. The number of amides is 1. The van der Waals surface area contributed by atoms with E-state index in [9.17, 15) is 4.79 Å². The van der Waals surface area contributed by atoms with Gasteiger partial charge in [0, 0.05) is 18.8 Å². The molecule has 0 fully saturated rings. The summed E-state index contributed by atoms with van der Waals surface area (Å²) in [6, 6.07) is 11.5. The molecular formula is C23H31BrN2O4. The first-order chi connectivity index (χ1) is 14.5. The number of carbonyl (C=O) groups is 1. The number of ether oxygens (including phenoxy) is 2. The van der Waals surface area contributed by atoms with E-state index >= 15 is 0 Å². The second-order valence-electron chi connectivity index (χ2n) is 7.00. The average Bonchev–Trinajstić information content (AvgIpc) is 2.72. The van der Waals surface area contributed by atoms with Gasteiger partial charge in [-0.2, -0.15) is 0 Å². The highest BCUT2D eigenvalue weighted by Gasteiger charge is 2.14. The third-order valence-electron chi connectivity index (χ3n) is 4.39. The summed E-state index contributed by atoms with van der Waals surface area (Å²) in [5.41, 5.74) is 2.93. The SMILES string of the molecule is CCOc1cc(CNCCCCCO)cc(Br)c1OCC(=O)Nc1ccc(C)cc1. The lowest BCUT2D eigenvalue weighted by molar-refractivity contribution is -0.118. The molecule has 2 rings (SSSR count). The Morgan fingerprint density at radius 1 is 1.10 bits per heavy atom. The molecule has 6 nitrogen and oxygen atoms in total. The third kappa shape index (κ3) is 8.34. The quantitative estimate of drug-likeness (QED) is 0.371.